The number of nitriles is 1. The van der Waals surface area contributed by atoms with Crippen molar-refractivity contribution in [3.05, 3.63) is 42.6 Å². The summed E-state index contributed by atoms with van der Waals surface area (Å²) in [6.07, 6.45) is 3.35. The number of hydrogen-bond donors (Lipinski definition) is 0. The molecule has 0 N–H and O–H groups in total. The van der Waals surface area contributed by atoms with Crippen LogP contribution in [0.25, 0.3) is 0 Å². The maximum Gasteiger partial charge on any atom is 0.345 e. The van der Waals surface area contributed by atoms with Crippen LogP contribution in [0.1, 0.15) is 0 Å². The van der Waals surface area contributed by atoms with Crippen molar-refractivity contribution in [2.75, 3.05) is 17.7 Å². The smallest absolute Gasteiger partial charge is 0.246 e. The molecule has 0 saturated heterocycles. The molecule has 122 valence electrons. The molecule has 1 aromatic heterocycles. The summed E-state index contributed by atoms with van der Waals surface area (Å²) in [7, 11) is -4.09. The zero-order valence-electron chi connectivity index (χ0n) is 12.6. The fourth-order valence-electron chi connectivity index (χ4n) is 2.36. The Hall–Kier alpha value is -2.57. The van der Waals surface area contributed by atoms with Gasteiger partial charge in [0.25, 0.3) is 10.0 Å². The van der Waals surface area contributed by atoms with Crippen LogP contribution in [0, 0.1) is 11.3 Å². The summed E-state index contributed by atoms with van der Waals surface area (Å²) in [6, 6.07) is 10.8. The van der Waals surface area contributed by atoms with Gasteiger partial charge in [0.2, 0.25) is 0 Å². The van der Waals surface area contributed by atoms with Gasteiger partial charge in [0, 0.05) is 11.1 Å². The third-order valence-electron chi connectivity index (χ3n) is 3.48. The summed E-state index contributed by atoms with van der Waals surface area (Å²) in [5.41, 5.74) is 0.482. The van der Waals surface area contributed by atoms with Crippen LogP contribution in [0.5, 0.6) is 0 Å². The fourth-order valence-corrected chi connectivity index (χ4v) is 4.14. The highest BCUT2D eigenvalue weighted by molar-refractivity contribution is 7.98. The number of carbonyl (C=O) groups is 1. The molecule has 0 unspecified atom stereocenters. The lowest BCUT2D eigenvalue weighted by atomic mass is 10.3. The van der Waals surface area contributed by atoms with E-state index in [1.165, 1.54) is 23.2 Å². The van der Waals surface area contributed by atoms with Gasteiger partial charge < -0.3 is 0 Å². The number of amides is 2. The number of fused-ring (bicyclic) bond motifs is 1. The van der Waals surface area contributed by atoms with Crippen molar-refractivity contribution in [2.45, 2.75) is 9.79 Å². The molecule has 0 atom stereocenters. The molecule has 2 amide bonds. The summed E-state index contributed by atoms with van der Waals surface area (Å²) in [5.74, 6) is 0.0357. The molecule has 0 bridgehead atoms. The number of pyridine rings is 1. The lowest BCUT2D eigenvalue weighted by molar-refractivity contribution is 0.233. The van der Waals surface area contributed by atoms with E-state index in [1.807, 2.05) is 18.4 Å². The van der Waals surface area contributed by atoms with Gasteiger partial charge in [-0.25, -0.2) is 27.4 Å². The largest absolute Gasteiger partial charge is 0.345 e. The quantitative estimate of drug-likeness (QED) is 0.617. The molecule has 0 spiro atoms. The minimum atomic E-state index is -4.09. The number of benzene rings is 1. The summed E-state index contributed by atoms with van der Waals surface area (Å²) >= 11 is 1.55. The first-order valence-corrected chi connectivity index (χ1v) is 9.50. The van der Waals surface area contributed by atoms with Crippen LogP contribution >= 0.6 is 11.8 Å². The van der Waals surface area contributed by atoms with Crippen LogP contribution in [0.3, 0.4) is 0 Å². The van der Waals surface area contributed by atoms with Gasteiger partial charge in [0.05, 0.1) is 11.8 Å². The van der Waals surface area contributed by atoms with Crippen molar-refractivity contribution in [1.29, 1.82) is 5.26 Å². The molecule has 9 heteroatoms. The third kappa shape index (κ3) is 2.50. The normalized spacial score (nSPS) is 15.8. The van der Waals surface area contributed by atoms with E-state index in [0.29, 0.717) is 9.99 Å². The summed E-state index contributed by atoms with van der Waals surface area (Å²) in [5, 5.41) is 8.90. The number of rotatable bonds is 3. The lowest BCUT2D eigenvalue weighted by Gasteiger charge is -2.34. The minimum Gasteiger partial charge on any atom is -0.246 e. The highest BCUT2D eigenvalue weighted by Gasteiger charge is 2.42. The number of carbonyl (C=O) groups excluding carboxylic acids is 1. The van der Waals surface area contributed by atoms with Crippen molar-refractivity contribution in [3.8, 4) is 6.07 Å². The van der Waals surface area contributed by atoms with Gasteiger partial charge in [-0.05, 0) is 42.7 Å². The first-order valence-electron chi connectivity index (χ1n) is 6.83. The topological polar surface area (TPSA) is 94.4 Å². The lowest BCUT2D eigenvalue weighted by Crippen LogP contribution is -2.49. The standard InChI is InChI=1S/C15H12N4O3S2/c1-23-12-6-4-11(5-7-12)19-14-13(3-2-9-17-14)24(21,22)18(10-8-16)15(19)20/h2-7,9H,10H2,1H3. The minimum absolute atomic E-state index is 0.0357. The molecular formula is C15H12N4O3S2. The number of nitrogens with zero attached hydrogens (tertiary/aromatic N) is 4. The predicted molar refractivity (Wildman–Crippen MR) is 89.5 cm³/mol. The van der Waals surface area contributed by atoms with E-state index >= 15 is 0 Å². The van der Waals surface area contributed by atoms with Gasteiger partial charge in [0.15, 0.2) is 5.82 Å². The molecule has 0 aliphatic carbocycles. The van der Waals surface area contributed by atoms with E-state index in [9.17, 15) is 13.2 Å². The second-order valence-corrected chi connectivity index (χ2v) is 7.52. The van der Waals surface area contributed by atoms with E-state index in [-0.39, 0.29) is 10.7 Å². The van der Waals surface area contributed by atoms with E-state index in [1.54, 1.807) is 30.0 Å². The molecule has 2 aromatic rings. The van der Waals surface area contributed by atoms with E-state index in [2.05, 4.69) is 4.98 Å². The molecule has 0 fully saturated rings. The van der Waals surface area contributed by atoms with Gasteiger partial charge in [-0.15, -0.1) is 11.8 Å². The Morgan fingerprint density at radius 1 is 1.25 bits per heavy atom. The molecule has 0 radical (unpaired) electrons. The Morgan fingerprint density at radius 2 is 1.96 bits per heavy atom. The van der Waals surface area contributed by atoms with E-state index < -0.39 is 22.6 Å². The first kappa shape index (κ1) is 16.3. The van der Waals surface area contributed by atoms with Crippen molar-refractivity contribution >= 4 is 39.3 Å². The van der Waals surface area contributed by atoms with Gasteiger partial charge in [0.1, 0.15) is 11.4 Å². The van der Waals surface area contributed by atoms with E-state index in [4.69, 9.17) is 5.26 Å². The van der Waals surface area contributed by atoms with Crippen LogP contribution < -0.4 is 4.90 Å². The zero-order valence-corrected chi connectivity index (χ0v) is 14.2. The van der Waals surface area contributed by atoms with Crippen LogP contribution in [-0.2, 0) is 10.0 Å². The highest BCUT2D eigenvalue weighted by atomic mass is 32.2. The molecule has 1 aliphatic heterocycles. The van der Waals surface area contributed by atoms with Crippen molar-refractivity contribution < 1.29 is 13.2 Å². The Balaban J connectivity index is 2.21. The molecule has 24 heavy (non-hydrogen) atoms. The number of hydrogen-bond acceptors (Lipinski definition) is 6. The summed E-state index contributed by atoms with van der Waals surface area (Å²) in [6.45, 7) is -0.561. The van der Waals surface area contributed by atoms with Crippen molar-refractivity contribution in [2.24, 2.45) is 0 Å². The molecule has 1 aliphatic rings. The number of urea groups is 1. The molecule has 1 aromatic carbocycles. The SMILES string of the molecule is CSc1ccc(N2C(=O)N(CC#N)S(=O)(=O)c3cccnc32)cc1. The number of aromatic nitrogens is 1. The predicted octanol–water partition coefficient (Wildman–Crippen LogP) is 2.59. The number of anilines is 2. The maximum atomic E-state index is 12.7. The third-order valence-corrected chi connectivity index (χ3v) is 5.96. The van der Waals surface area contributed by atoms with Gasteiger partial charge in [-0.3, -0.25) is 0 Å². The van der Waals surface area contributed by atoms with Gasteiger partial charge in [-0.1, -0.05) is 0 Å². The summed E-state index contributed by atoms with van der Waals surface area (Å²) in [4.78, 5) is 18.9. The average molecular weight is 360 g/mol. The molecule has 2 heterocycles. The average Bonchev–Trinajstić information content (AvgIpc) is 2.59. The Bertz CT molecular complexity index is 936. The fraction of sp³-hybridized carbons (Fsp3) is 0.133. The zero-order chi connectivity index (χ0) is 17.3. The molecule has 0 saturated carbocycles. The van der Waals surface area contributed by atoms with Crippen LogP contribution in [-0.4, -0.2) is 36.5 Å². The summed E-state index contributed by atoms with van der Waals surface area (Å²) < 4.78 is 25.7. The molecular weight excluding hydrogens is 348 g/mol. The second kappa shape index (κ2) is 6.14. The second-order valence-electron chi connectivity index (χ2n) is 4.81. The Labute approximate surface area is 143 Å². The number of sulfonamides is 1. The molecule has 7 nitrogen and oxygen atoms in total. The van der Waals surface area contributed by atoms with Crippen LogP contribution in [0.2, 0.25) is 0 Å². The van der Waals surface area contributed by atoms with E-state index in [0.717, 1.165) is 4.90 Å². The van der Waals surface area contributed by atoms with Crippen molar-refractivity contribution in [3.63, 3.8) is 0 Å². The number of thioether (sulfide) groups is 1. The van der Waals surface area contributed by atoms with Gasteiger partial charge in [-0.2, -0.15) is 5.26 Å². The molecule has 3 rings (SSSR count). The highest BCUT2D eigenvalue weighted by Crippen LogP contribution is 2.37. The van der Waals surface area contributed by atoms with Gasteiger partial charge >= 0.3 is 6.03 Å². The monoisotopic (exact) mass is 360 g/mol. The Morgan fingerprint density at radius 3 is 2.58 bits per heavy atom. The van der Waals surface area contributed by atoms with Crippen LogP contribution in [0.15, 0.2) is 52.4 Å². The van der Waals surface area contributed by atoms with Crippen molar-refractivity contribution in [1.82, 2.24) is 9.29 Å². The first-order chi connectivity index (χ1) is 11.5. The maximum absolute atomic E-state index is 12.7. The Kier molecular flexibility index (Phi) is 4.17. The van der Waals surface area contributed by atoms with Crippen LogP contribution in [0.4, 0.5) is 16.3 Å².